The summed E-state index contributed by atoms with van der Waals surface area (Å²) in [6.45, 7) is 3.29. The maximum atomic E-state index is 12.9. The number of halogens is 3. The minimum atomic E-state index is -4.47. The van der Waals surface area contributed by atoms with Gasteiger partial charge in [0.05, 0.1) is 17.8 Å². The molecule has 1 aromatic rings. The highest BCUT2D eigenvalue weighted by atomic mass is 19.4. The van der Waals surface area contributed by atoms with Gasteiger partial charge in [-0.05, 0) is 32.0 Å². The summed E-state index contributed by atoms with van der Waals surface area (Å²) in [7, 11) is 1.41. The Labute approximate surface area is 116 Å². The molecule has 1 rings (SSSR count). The first-order valence-electron chi connectivity index (χ1n) is 6.22. The molecule has 1 aromatic carbocycles. The Kier molecular flexibility index (Phi) is 5.56. The molecule has 0 spiro atoms. The van der Waals surface area contributed by atoms with E-state index < -0.39 is 17.8 Å². The summed E-state index contributed by atoms with van der Waals surface area (Å²) in [6.07, 6.45) is -3.91. The SMILES string of the molecule is CN=Cc1ccc(O[C@H](C)C[C@@H](C)O)cc1C(F)(F)F. The lowest BCUT2D eigenvalue weighted by Crippen LogP contribution is -2.18. The van der Waals surface area contributed by atoms with Gasteiger partial charge in [-0.3, -0.25) is 4.99 Å². The van der Waals surface area contributed by atoms with Gasteiger partial charge in [0.15, 0.2) is 0 Å². The molecule has 3 nitrogen and oxygen atoms in total. The minimum absolute atomic E-state index is 0.00414. The van der Waals surface area contributed by atoms with Gasteiger partial charge in [0.25, 0.3) is 0 Å². The monoisotopic (exact) mass is 289 g/mol. The maximum absolute atomic E-state index is 12.9. The molecule has 0 amide bonds. The molecule has 0 heterocycles. The quantitative estimate of drug-likeness (QED) is 0.845. The van der Waals surface area contributed by atoms with Gasteiger partial charge in [0.1, 0.15) is 5.75 Å². The lowest BCUT2D eigenvalue weighted by atomic mass is 10.1. The standard InChI is InChI=1S/C14H18F3NO2/c1-9(19)6-10(2)20-12-5-4-11(8-18-3)13(7-12)14(15,16)17/h4-5,7-10,19H,6H2,1-3H3/t9-,10-/m1/s1. The molecule has 0 aliphatic rings. The second-order valence-electron chi connectivity index (χ2n) is 4.65. The van der Waals surface area contributed by atoms with Crippen LogP contribution in [0.4, 0.5) is 13.2 Å². The number of ether oxygens (including phenoxy) is 1. The fourth-order valence-electron chi connectivity index (χ4n) is 1.87. The second kappa shape index (κ2) is 6.74. The highest BCUT2D eigenvalue weighted by Crippen LogP contribution is 2.34. The number of rotatable bonds is 5. The molecule has 6 heteroatoms. The Balaban J connectivity index is 3.01. The molecule has 20 heavy (non-hydrogen) atoms. The number of benzene rings is 1. The van der Waals surface area contributed by atoms with Crippen LogP contribution in [-0.4, -0.2) is 30.6 Å². The van der Waals surface area contributed by atoms with Crippen molar-refractivity contribution in [1.29, 1.82) is 0 Å². The normalized spacial score (nSPS) is 15.3. The molecular formula is C14H18F3NO2. The topological polar surface area (TPSA) is 41.8 Å². The Morgan fingerprint density at radius 1 is 1.35 bits per heavy atom. The average Bonchev–Trinajstić information content (AvgIpc) is 2.28. The third-order valence-corrected chi connectivity index (χ3v) is 2.61. The number of hydrogen-bond acceptors (Lipinski definition) is 3. The summed E-state index contributed by atoms with van der Waals surface area (Å²) in [5, 5.41) is 9.22. The molecule has 0 fully saturated rings. The van der Waals surface area contributed by atoms with Crippen LogP contribution in [0.1, 0.15) is 31.4 Å². The predicted molar refractivity (Wildman–Crippen MR) is 71.3 cm³/mol. The summed E-state index contributed by atoms with van der Waals surface area (Å²) in [5.41, 5.74) is -0.791. The van der Waals surface area contributed by atoms with Gasteiger partial charge in [-0.25, -0.2) is 0 Å². The molecular weight excluding hydrogens is 271 g/mol. The number of nitrogens with zero attached hydrogens (tertiary/aromatic N) is 1. The molecule has 0 aromatic heterocycles. The highest BCUT2D eigenvalue weighted by molar-refractivity contribution is 5.82. The molecule has 112 valence electrons. The smallest absolute Gasteiger partial charge is 0.417 e. The van der Waals surface area contributed by atoms with E-state index in [1.807, 2.05) is 0 Å². The molecule has 0 radical (unpaired) electrons. The summed E-state index contributed by atoms with van der Waals surface area (Å²) in [5.74, 6) is 0.124. The average molecular weight is 289 g/mol. The van der Waals surface area contributed by atoms with Crippen molar-refractivity contribution >= 4 is 6.21 Å². The van der Waals surface area contributed by atoms with Crippen molar-refractivity contribution in [3.05, 3.63) is 29.3 Å². The fraction of sp³-hybridized carbons (Fsp3) is 0.500. The fourth-order valence-corrected chi connectivity index (χ4v) is 1.87. The van der Waals surface area contributed by atoms with E-state index in [9.17, 15) is 18.3 Å². The first-order chi connectivity index (χ1) is 9.24. The van der Waals surface area contributed by atoms with Gasteiger partial charge in [-0.15, -0.1) is 0 Å². The van der Waals surface area contributed by atoms with Crippen LogP contribution in [0.5, 0.6) is 5.75 Å². The van der Waals surface area contributed by atoms with Crippen molar-refractivity contribution in [2.75, 3.05) is 7.05 Å². The van der Waals surface area contributed by atoms with Crippen LogP contribution in [-0.2, 0) is 6.18 Å². The number of aliphatic imine (C=N–C) groups is 1. The van der Waals surface area contributed by atoms with Gasteiger partial charge >= 0.3 is 6.18 Å². The summed E-state index contributed by atoms with van der Waals surface area (Å²) in [4.78, 5) is 3.61. The van der Waals surface area contributed by atoms with Crippen LogP contribution in [0.25, 0.3) is 0 Å². The van der Waals surface area contributed by atoms with Crippen molar-refractivity contribution in [3.63, 3.8) is 0 Å². The summed E-state index contributed by atoms with van der Waals surface area (Å²) in [6, 6.07) is 3.74. The van der Waals surface area contributed by atoms with E-state index >= 15 is 0 Å². The minimum Gasteiger partial charge on any atom is -0.491 e. The van der Waals surface area contributed by atoms with Crippen molar-refractivity contribution in [1.82, 2.24) is 0 Å². The van der Waals surface area contributed by atoms with Crippen LogP contribution < -0.4 is 4.74 Å². The number of hydrogen-bond donors (Lipinski definition) is 1. The third-order valence-electron chi connectivity index (χ3n) is 2.61. The zero-order valence-electron chi connectivity index (χ0n) is 11.6. The molecule has 0 unspecified atom stereocenters. The summed E-state index contributed by atoms with van der Waals surface area (Å²) >= 11 is 0. The van der Waals surface area contributed by atoms with E-state index in [0.29, 0.717) is 6.42 Å². The first-order valence-corrected chi connectivity index (χ1v) is 6.22. The molecule has 0 aliphatic heterocycles. The van der Waals surface area contributed by atoms with Crippen LogP contribution in [0.2, 0.25) is 0 Å². The number of aliphatic hydroxyl groups excluding tert-OH is 1. The van der Waals surface area contributed by atoms with Gasteiger partial charge in [-0.2, -0.15) is 13.2 Å². The molecule has 2 atom stereocenters. The van der Waals surface area contributed by atoms with Crippen molar-refractivity contribution in [2.24, 2.45) is 4.99 Å². The van der Waals surface area contributed by atoms with E-state index in [4.69, 9.17) is 4.74 Å². The van der Waals surface area contributed by atoms with Gasteiger partial charge < -0.3 is 9.84 Å². The molecule has 0 bridgehead atoms. The number of aliphatic hydroxyl groups is 1. The van der Waals surface area contributed by atoms with Gasteiger partial charge in [0, 0.05) is 25.2 Å². The zero-order valence-corrected chi connectivity index (χ0v) is 11.6. The van der Waals surface area contributed by atoms with Crippen LogP contribution in [0, 0.1) is 0 Å². The van der Waals surface area contributed by atoms with E-state index in [2.05, 4.69) is 4.99 Å². The van der Waals surface area contributed by atoms with E-state index in [-0.39, 0.29) is 17.4 Å². The largest absolute Gasteiger partial charge is 0.491 e. The third kappa shape index (κ3) is 4.85. The van der Waals surface area contributed by atoms with Crippen LogP contribution in [0.3, 0.4) is 0 Å². The Morgan fingerprint density at radius 2 is 2.00 bits per heavy atom. The van der Waals surface area contributed by atoms with Crippen molar-refractivity contribution in [3.8, 4) is 5.75 Å². The zero-order chi connectivity index (χ0) is 15.3. The first kappa shape index (κ1) is 16.5. The Bertz CT molecular complexity index is 470. The van der Waals surface area contributed by atoms with Crippen molar-refractivity contribution in [2.45, 2.75) is 38.7 Å². The summed E-state index contributed by atoms with van der Waals surface area (Å²) < 4.78 is 44.2. The lowest BCUT2D eigenvalue weighted by molar-refractivity contribution is -0.137. The van der Waals surface area contributed by atoms with Crippen molar-refractivity contribution < 1.29 is 23.0 Å². The molecule has 1 N–H and O–H groups in total. The maximum Gasteiger partial charge on any atom is 0.417 e. The number of alkyl halides is 3. The molecule has 0 saturated carbocycles. The predicted octanol–water partition coefficient (Wildman–Crippen LogP) is 3.29. The second-order valence-corrected chi connectivity index (χ2v) is 4.65. The van der Waals surface area contributed by atoms with E-state index in [0.717, 1.165) is 12.3 Å². The van der Waals surface area contributed by atoms with E-state index in [1.54, 1.807) is 13.8 Å². The Morgan fingerprint density at radius 3 is 2.50 bits per heavy atom. The van der Waals surface area contributed by atoms with Crippen LogP contribution in [0.15, 0.2) is 23.2 Å². The van der Waals surface area contributed by atoms with Gasteiger partial charge in [0.2, 0.25) is 0 Å². The van der Waals surface area contributed by atoms with E-state index in [1.165, 1.54) is 19.2 Å². The van der Waals surface area contributed by atoms with Crippen LogP contribution >= 0.6 is 0 Å². The van der Waals surface area contributed by atoms with Gasteiger partial charge in [-0.1, -0.05) is 0 Å². The molecule has 0 aliphatic carbocycles. The molecule has 0 saturated heterocycles. The highest BCUT2D eigenvalue weighted by Gasteiger charge is 2.33. The Hall–Kier alpha value is -1.56. The lowest BCUT2D eigenvalue weighted by Gasteiger charge is -2.18.